The van der Waals surface area contributed by atoms with Crippen LogP contribution in [0.1, 0.15) is 5.56 Å². The minimum Gasteiger partial charge on any atom is -0.298 e. The fourth-order valence-electron chi connectivity index (χ4n) is 0.668. The molecule has 0 aliphatic heterocycles. The van der Waals surface area contributed by atoms with Gasteiger partial charge in [0.1, 0.15) is 0 Å². The van der Waals surface area contributed by atoms with Gasteiger partial charge in [0.05, 0.1) is 5.69 Å². The van der Waals surface area contributed by atoms with Gasteiger partial charge in [-0.25, -0.2) is 0 Å². The van der Waals surface area contributed by atoms with E-state index in [2.05, 4.69) is 10.8 Å². The molecule has 0 aromatic heterocycles. The lowest BCUT2D eigenvalue weighted by atomic mass is 10.2. The van der Waals surface area contributed by atoms with E-state index < -0.39 is 0 Å². The van der Waals surface area contributed by atoms with E-state index in [0.717, 1.165) is 11.3 Å². The third-order valence-electron chi connectivity index (χ3n) is 1.14. The van der Waals surface area contributed by atoms with Crippen LogP contribution < -0.4 is 4.84 Å². The van der Waals surface area contributed by atoms with Crippen molar-refractivity contribution in [1.82, 2.24) is 0 Å². The van der Waals surface area contributed by atoms with Crippen LogP contribution in [0.15, 0.2) is 24.3 Å². The number of benzene rings is 1. The zero-order valence-corrected chi connectivity index (χ0v) is 6.02. The van der Waals surface area contributed by atoms with Crippen molar-refractivity contribution in [2.45, 2.75) is 0 Å². The Morgan fingerprint density at radius 3 is 2.90 bits per heavy atom. The maximum absolute atomic E-state index is 5.34. The molecule has 0 spiro atoms. The minimum absolute atomic E-state index is 0.817. The van der Waals surface area contributed by atoms with Crippen LogP contribution >= 0.6 is 11.8 Å². The van der Waals surface area contributed by atoms with Crippen LogP contribution in [0.5, 0.6) is 0 Å². The number of nitrogens with one attached hydrogen (secondary N) is 1. The Morgan fingerprint density at radius 2 is 2.30 bits per heavy atom. The van der Waals surface area contributed by atoms with Crippen LogP contribution in [0, 0.1) is 12.3 Å². The first-order chi connectivity index (χ1) is 4.86. The molecule has 0 saturated heterocycles. The summed E-state index contributed by atoms with van der Waals surface area (Å²) in [6.07, 6.45) is 5.15. The Labute approximate surface area is 65.1 Å². The zero-order chi connectivity index (χ0) is 7.40. The van der Waals surface area contributed by atoms with Crippen LogP contribution in [-0.2, 0) is 0 Å². The summed E-state index contributed by atoms with van der Waals surface area (Å²) in [4.78, 5) is 2.48. The third-order valence-corrected chi connectivity index (χ3v) is 1.36. The zero-order valence-electron chi connectivity index (χ0n) is 5.26. The normalized spacial score (nSPS) is 8.40. The highest BCUT2D eigenvalue weighted by Gasteiger charge is 1.88. The molecule has 1 rings (SSSR count). The molecule has 0 aliphatic carbocycles. The van der Waals surface area contributed by atoms with E-state index in [4.69, 9.17) is 18.2 Å². The summed E-state index contributed by atoms with van der Waals surface area (Å²) in [6, 6.07) is 7.33. The van der Waals surface area contributed by atoms with Gasteiger partial charge in [-0.05, 0) is 18.2 Å². The monoisotopic (exact) mass is 151 g/mol. The molecule has 0 heterocycles. The first-order valence-corrected chi connectivity index (χ1v) is 3.18. The lowest BCUT2D eigenvalue weighted by molar-refractivity contribution is 1.63. The summed E-state index contributed by atoms with van der Waals surface area (Å²) in [6.45, 7) is 0. The molecule has 10 heavy (non-hydrogen) atoms. The average molecular weight is 152 g/mol. The Kier molecular flexibility index (Phi) is 2.20. The smallest absolute Gasteiger partial charge is 0.0504 e. The maximum atomic E-state index is 5.34. The lowest BCUT2D eigenvalue weighted by Crippen LogP contribution is -1.80. The van der Waals surface area contributed by atoms with Gasteiger partial charge in [-0.1, -0.05) is 12.0 Å². The molecule has 1 N–H and O–H groups in total. The summed E-state index contributed by atoms with van der Waals surface area (Å²) < 4.78 is 0. The van der Waals surface area contributed by atoms with Gasteiger partial charge in [-0.3, -0.25) is 4.84 Å². The quantitative estimate of drug-likeness (QED) is 0.480. The largest absolute Gasteiger partial charge is 0.298 e. The molecule has 0 radical (unpaired) electrons. The fourth-order valence-corrected chi connectivity index (χ4v) is 0.785. The molecule has 0 atom stereocenters. The van der Waals surface area contributed by atoms with E-state index in [0.29, 0.717) is 0 Å². The van der Waals surface area contributed by atoms with Gasteiger partial charge in [0, 0.05) is 17.3 Å². The summed E-state index contributed by atoms with van der Waals surface area (Å²) >= 11 is 5.34. The molecular formula is C8H6ClN. The summed E-state index contributed by atoms with van der Waals surface area (Å²) in [7, 11) is 0. The Bertz CT molecular complexity index is 262. The minimum atomic E-state index is 0.817. The van der Waals surface area contributed by atoms with E-state index in [1.54, 1.807) is 6.07 Å². The summed E-state index contributed by atoms with van der Waals surface area (Å²) in [5.41, 5.74) is 1.64. The molecule has 50 valence electrons. The van der Waals surface area contributed by atoms with Crippen molar-refractivity contribution < 1.29 is 0 Å². The van der Waals surface area contributed by atoms with E-state index in [1.165, 1.54) is 0 Å². The van der Waals surface area contributed by atoms with Gasteiger partial charge in [-0.2, -0.15) is 0 Å². The van der Waals surface area contributed by atoms with Gasteiger partial charge in [0.25, 0.3) is 0 Å². The molecule has 2 heteroatoms. The van der Waals surface area contributed by atoms with Crippen LogP contribution in [0.2, 0.25) is 0 Å². The molecular weight excluding hydrogens is 146 g/mol. The van der Waals surface area contributed by atoms with Crippen molar-refractivity contribution in [3.05, 3.63) is 29.8 Å². The highest BCUT2D eigenvalue weighted by molar-refractivity contribution is 6.23. The predicted octanol–water partition coefficient (Wildman–Crippen LogP) is 2.23. The second-order valence-corrected chi connectivity index (χ2v) is 2.01. The number of terminal acetylenes is 1. The molecule has 1 aromatic rings. The molecule has 0 unspecified atom stereocenters. The number of rotatable bonds is 1. The van der Waals surface area contributed by atoms with Crippen molar-refractivity contribution >= 4 is 17.5 Å². The predicted molar refractivity (Wildman–Crippen MR) is 43.9 cm³/mol. The van der Waals surface area contributed by atoms with Gasteiger partial charge in [0.2, 0.25) is 0 Å². The van der Waals surface area contributed by atoms with E-state index in [1.807, 2.05) is 18.2 Å². The van der Waals surface area contributed by atoms with Gasteiger partial charge >= 0.3 is 0 Å². The third kappa shape index (κ3) is 1.43. The second kappa shape index (κ2) is 3.14. The van der Waals surface area contributed by atoms with Crippen molar-refractivity contribution in [3.8, 4) is 12.3 Å². The Balaban J connectivity index is 3.01. The van der Waals surface area contributed by atoms with Crippen LogP contribution in [0.3, 0.4) is 0 Å². The first kappa shape index (κ1) is 6.98. The molecule has 0 bridgehead atoms. The first-order valence-electron chi connectivity index (χ1n) is 2.80. The van der Waals surface area contributed by atoms with Crippen LogP contribution in [-0.4, -0.2) is 0 Å². The van der Waals surface area contributed by atoms with Gasteiger partial charge in [0.15, 0.2) is 0 Å². The van der Waals surface area contributed by atoms with Crippen molar-refractivity contribution in [2.24, 2.45) is 0 Å². The molecule has 0 amide bonds. The lowest BCUT2D eigenvalue weighted by Gasteiger charge is -1.95. The number of anilines is 1. The molecule has 1 aromatic carbocycles. The molecule has 0 saturated carbocycles. The SMILES string of the molecule is C#Cc1cccc(NCl)c1. The number of hydrogen-bond donors (Lipinski definition) is 1. The van der Waals surface area contributed by atoms with E-state index in [-0.39, 0.29) is 0 Å². The topological polar surface area (TPSA) is 12.0 Å². The average Bonchev–Trinajstić information content (AvgIpc) is 2.05. The molecule has 0 fully saturated rings. The van der Waals surface area contributed by atoms with Crippen LogP contribution in [0.4, 0.5) is 5.69 Å². The number of hydrogen-bond acceptors (Lipinski definition) is 1. The van der Waals surface area contributed by atoms with Crippen molar-refractivity contribution in [3.63, 3.8) is 0 Å². The standard InChI is InChI=1S/C8H6ClN/c1-2-7-4-3-5-8(6-7)10-9/h1,3-6,10H. The van der Waals surface area contributed by atoms with Crippen molar-refractivity contribution in [2.75, 3.05) is 4.84 Å². The fraction of sp³-hybridized carbons (Fsp3) is 0. The molecule has 1 nitrogen and oxygen atoms in total. The van der Waals surface area contributed by atoms with E-state index in [9.17, 15) is 0 Å². The van der Waals surface area contributed by atoms with Gasteiger partial charge in [-0.15, -0.1) is 6.42 Å². The molecule has 0 aliphatic rings. The van der Waals surface area contributed by atoms with E-state index >= 15 is 0 Å². The van der Waals surface area contributed by atoms with Crippen LogP contribution in [0.25, 0.3) is 0 Å². The van der Waals surface area contributed by atoms with Crippen molar-refractivity contribution in [1.29, 1.82) is 0 Å². The Hall–Kier alpha value is -1.13. The maximum Gasteiger partial charge on any atom is 0.0504 e. The summed E-state index contributed by atoms with van der Waals surface area (Å²) in [5.74, 6) is 2.50. The highest BCUT2D eigenvalue weighted by Crippen LogP contribution is 2.09. The highest BCUT2D eigenvalue weighted by atomic mass is 35.5. The Morgan fingerprint density at radius 1 is 1.50 bits per heavy atom. The number of halogens is 1. The summed E-state index contributed by atoms with van der Waals surface area (Å²) in [5, 5.41) is 0. The second-order valence-electron chi connectivity index (χ2n) is 1.82. The van der Waals surface area contributed by atoms with Gasteiger partial charge < -0.3 is 0 Å².